The summed E-state index contributed by atoms with van der Waals surface area (Å²) < 4.78 is 0. The fraction of sp³-hybridized carbons (Fsp3) is 1.00. The van der Waals surface area contributed by atoms with E-state index in [1.807, 2.05) is 0 Å². The molecule has 2 nitrogen and oxygen atoms in total. The van der Waals surface area contributed by atoms with Crippen molar-refractivity contribution in [3.63, 3.8) is 0 Å². The second-order valence-electron chi connectivity index (χ2n) is 4.22. The van der Waals surface area contributed by atoms with Gasteiger partial charge in [-0.2, -0.15) is 0 Å². The van der Waals surface area contributed by atoms with E-state index in [2.05, 4.69) is 0 Å². The second kappa shape index (κ2) is 1.74. The molecule has 10 heavy (non-hydrogen) atoms. The molecule has 0 aromatic heterocycles. The summed E-state index contributed by atoms with van der Waals surface area (Å²) in [5, 5.41) is 0. The van der Waals surface area contributed by atoms with Crippen LogP contribution in [-0.2, 0) is 0 Å². The second-order valence-corrected chi connectivity index (χ2v) is 4.22. The highest BCUT2D eigenvalue weighted by molar-refractivity contribution is 5.05. The first-order valence-corrected chi connectivity index (χ1v) is 4.20. The van der Waals surface area contributed by atoms with Crippen molar-refractivity contribution in [2.24, 2.45) is 11.5 Å². The summed E-state index contributed by atoms with van der Waals surface area (Å²) in [5.74, 6) is 0. The van der Waals surface area contributed by atoms with Crippen molar-refractivity contribution in [1.29, 1.82) is 0 Å². The summed E-state index contributed by atoms with van der Waals surface area (Å²) in [6, 6.07) is 0. The molecule has 2 saturated carbocycles. The molecule has 0 saturated heterocycles. The molecule has 2 rings (SSSR count). The predicted molar refractivity (Wildman–Crippen MR) is 41.5 cm³/mol. The highest BCUT2D eigenvalue weighted by Gasteiger charge is 2.44. The summed E-state index contributed by atoms with van der Waals surface area (Å²) in [5.41, 5.74) is 12.3. The highest BCUT2D eigenvalue weighted by atomic mass is 14.8. The lowest BCUT2D eigenvalue weighted by Crippen LogP contribution is -2.28. The van der Waals surface area contributed by atoms with E-state index in [1.165, 1.54) is 25.7 Å². The summed E-state index contributed by atoms with van der Waals surface area (Å²) in [7, 11) is 0. The molecule has 0 aromatic carbocycles. The molecule has 2 fully saturated rings. The number of nitrogens with two attached hydrogens (primary N) is 2. The van der Waals surface area contributed by atoms with Crippen LogP contribution in [0.25, 0.3) is 0 Å². The van der Waals surface area contributed by atoms with Crippen molar-refractivity contribution in [2.45, 2.75) is 49.6 Å². The largest absolute Gasteiger partial charge is 0.325 e. The van der Waals surface area contributed by atoms with Crippen LogP contribution in [0.15, 0.2) is 0 Å². The van der Waals surface area contributed by atoms with Gasteiger partial charge in [0.25, 0.3) is 0 Å². The fourth-order valence-electron chi connectivity index (χ4n) is 1.32. The van der Waals surface area contributed by atoms with Crippen molar-refractivity contribution in [3.05, 3.63) is 0 Å². The van der Waals surface area contributed by atoms with Crippen LogP contribution in [-0.4, -0.2) is 11.1 Å². The van der Waals surface area contributed by atoms with Gasteiger partial charge >= 0.3 is 0 Å². The maximum atomic E-state index is 5.93. The summed E-state index contributed by atoms with van der Waals surface area (Å²) in [6.07, 6.45) is 7.21. The average molecular weight is 140 g/mol. The molecule has 2 aliphatic rings. The van der Waals surface area contributed by atoms with E-state index < -0.39 is 0 Å². The summed E-state index contributed by atoms with van der Waals surface area (Å²) >= 11 is 0. The first kappa shape index (κ1) is 6.62. The molecule has 0 heterocycles. The average Bonchev–Trinajstić information content (AvgIpc) is 2.72. The van der Waals surface area contributed by atoms with E-state index in [9.17, 15) is 0 Å². The Morgan fingerprint density at radius 2 is 1.10 bits per heavy atom. The minimum atomic E-state index is 0.217. The molecular formula is C8H16N2. The zero-order valence-electron chi connectivity index (χ0n) is 6.40. The molecule has 0 aliphatic heterocycles. The van der Waals surface area contributed by atoms with Crippen molar-refractivity contribution in [2.75, 3.05) is 0 Å². The summed E-state index contributed by atoms with van der Waals surface area (Å²) in [4.78, 5) is 0. The molecule has 0 atom stereocenters. The number of hydrogen-bond acceptors (Lipinski definition) is 2. The molecule has 58 valence electrons. The third-order valence-electron chi connectivity index (χ3n) is 2.91. The van der Waals surface area contributed by atoms with Gasteiger partial charge in [0, 0.05) is 11.1 Å². The zero-order valence-corrected chi connectivity index (χ0v) is 6.40. The molecule has 0 aromatic rings. The van der Waals surface area contributed by atoms with Crippen LogP contribution < -0.4 is 11.5 Å². The van der Waals surface area contributed by atoms with Crippen LogP contribution in [0, 0.1) is 0 Å². The minimum absolute atomic E-state index is 0.217. The van der Waals surface area contributed by atoms with Crippen LogP contribution in [0.2, 0.25) is 0 Å². The maximum Gasteiger partial charge on any atom is 0.0156 e. The van der Waals surface area contributed by atoms with Crippen LogP contribution in [0.1, 0.15) is 38.5 Å². The zero-order chi connectivity index (χ0) is 7.24. The molecule has 0 amide bonds. The normalized spacial score (nSPS) is 31.8. The molecule has 0 radical (unpaired) electrons. The van der Waals surface area contributed by atoms with E-state index >= 15 is 0 Å². The van der Waals surface area contributed by atoms with Gasteiger partial charge in [-0.05, 0) is 38.5 Å². The Kier molecular flexibility index (Phi) is 1.15. The first-order valence-electron chi connectivity index (χ1n) is 4.20. The van der Waals surface area contributed by atoms with Gasteiger partial charge in [0.05, 0.1) is 0 Å². The Morgan fingerprint density at radius 3 is 1.30 bits per heavy atom. The maximum absolute atomic E-state index is 5.93. The van der Waals surface area contributed by atoms with E-state index in [0.29, 0.717) is 0 Å². The van der Waals surface area contributed by atoms with Gasteiger partial charge in [-0.3, -0.25) is 0 Å². The first-order chi connectivity index (χ1) is 4.62. The van der Waals surface area contributed by atoms with Gasteiger partial charge in [0.1, 0.15) is 0 Å². The monoisotopic (exact) mass is 140 g/mol. The topological polar surface area (TPSA) is 52.0 Å². The molecule has 2 aliphatic carbocycles. The van der Waals surface area contributed by atoms with Gasteiger partial charge in [-0.1, -0.05) is 0 Å². The smallest absolute Gasteiger partial charge is 0.0156 e. The van der Waals surface area contributed by atoms with Crippen LogP contribution in [0.5, 0.6) is 0 Å². The van der Waals surface area contributed by atoms with Crippen molar-refractivity contribution >= 4 is 0 Å². The molecule has 2 heteroatoms. The van der Waals surface area contributed by atoms with E-state index in [4.69, 9.17) is 11.5 Å². The molecule has 4 N–H and O–H groups in total. The lowest BCUT2D eigenvalue weighted by atomic mass is 10.0. The van der Waals surface area contributed by atoms with Gasteiger partial charge < -0.3 is 11.5 Å². The van der Waals surface area contributed by atoms with Crippen LogP contribution in [0.3, 0.4) is 0 Å². The Hall–Kier alpha value is -0.0800. The quantitative estimate of drug-likeness (QED) is 0.607. The lowest BCUT2D eigenvalue weighted by molar-refractivity contribution is 0.501. The van der Waals surface area contributed by atoms with E-state index in [-0.39, 0.29) is 11.1 Å². The Balaban J connectivity index is 1.72. The van der Waals surface area contributed by atoms with Gasteiger partial charge in [0.15, 0.2) is 0 Å². The van der Waals surface area contributed by atoms with Crippen LogP contribution >= 0.6 is 0 Å². The SMILES string of the molecule is NC1(CCC2(N)CC2)CC1. The third kappa shape index (κ3) is 1.32. The van der Waals surface area contributed by atoms with Gasteiger partial charge in [-0.15, -0.1) is 0 Å². The Bertz CT molecular complexity index is 127. The standard InChI is InChI=1S/C8H16N2/c9-7(1-2-7)5-6-8(10)3-4-8/h1-6,9-10H2. The van der Waals surface area contributed by atoms with Crippen LogP contribution in [0.4, 0.5) is 0 Å². The van der Waals surface area contributed by atoms with E-state index in [0.717, 1.165) is 12.8 Å². The fourth-order valence-corrected chi connectivity index (χ4v) is 1.32. The van der Waals surface area contributed by atoms with Crippen molar-refractivity contribution < 1.29 is 0 Å². The third-order valence-corrected chi connectivity index (χ3v) is 2.91. The summed E-state index contributed by atoms with van der Waals surface area (Å²) in [6.45, 7) is 0. The van der Waals surface area contributed by atoms with Crippen molar-refractivity contribution in [1.82, 2.24) is 0 Å². The number of rotatable bonds is 3. The molecule has 0 unspecified atom stereocenters. The lowest BCUT2D eigenvalue weighted by Gasteiger charge is -2.11. The Labute approximate surface area is 62.0 Å². The Morgan fingerprint density at radius 1 is 0.800 bits per heavy atom. The van der Waals surface area contributed by atoms with Crippen molar-refractivity contribution in [3.8, 4) is 0 Å². The van der Waals surface area contributed by atoms with E-state index in [1.54, 1.807) is 0 Å². The number of hydrogen-bond donors (Lipinski definition) is 2. The van der Waals surface area contributed by atoms with Gasteiger partial charge in [0.2, 0.25) is 0 Å². The highest BCUT2D eigenvalue weighted by Crippen LogP contribution is 2.43. The molecule has 0 spiro atoms. The molecule has 0 bridgehead atoms. The van der Waals surface area contributed by atoms with Gasteiger partial charge in [-0.25, -0.2) is 0 Å². The predicted octanol–water partition coefficient (Wildman–Crippen LogP) is 0.749. The molecular weight excluding hydrogens is 124 g/mol. The minimum Gasteiger partial charge on any atom is -0.325 e.